The maximum Gasteiger partial charge on any atom is 0.461 e. The van der Waals surface area contributed by atoms with Gasteiger partial charge in [-0.25, -0.2) is 0 Å². The van der Waals surface area contributed by atoms with Gasteiger partial charge in [0.15, 0.2) is 0 Å². The molecule has 0 spiro atoms. The molecule has 24 heavy (non-hydrogen) atoms. The van der Waals surface area contributed by atoms with Crippen molar-refractivity contribution in [3.05, 3.63) is 0 Å². The minimum Gasteiger partial charge on any atom is -0.405 e. The van der Waals surface area contributed by atoms with E-state index < -0.39 is 0 Å². The zero-order valence-corrected chi connectivity index (χ0v) is 16.5. The number of hydrogen-bond donors (Lipinski definition) is 1. The zero-order valence-electron chi connectivity index (χ0n) is 15.7. The lowest BCUT2D eigenvalue weighted by atomic mass is 9.43. The van der Waals surface area contributed by atoms with Crippen molar-refractivity contribution in [3.63, 3.8) is 0 Å². The van der Waals surface area contributed by atoms with Crippen molar-refractivity contribution in [2.75, 3.05) is 0 Å². The predicted octanol–water partition coefficient (Wildman–Crippen LogP) is 3.82. The van der Waals surface area contributed by atoms with Crippen LogP contribution in [0.3, 0.4) is 0 Å². The molecule has 6 heteroatoms. The van der Waals surface area contributed by atoms with Crippen molar-refractivity contribution in [2.45, 2.75) is 84.2 Å². The number of carbonyl (C=O) groups is 1. The molecule has 4 nitrogen and oxygen atoms in total. The van der Waals surface area contributed by atoms with Crippen LogP contribution < -0.4 is 5.73 Å². The van der Waals surface area contributed by atoms with Gasteiger partial charge in [0.25, 0.3) is 0 Å². The van der Waals surface area contributed by atoms with E-state index in [1.165, 1.54) is 6.42 Å². The lowest BCUT2D eigenvalue weighted by Crippen LogP contribution is -2.65. The van der Waals surface area contributed by atoms with Gasteiger partial charge in [-0.1, -0.05) is 40.5 Å². The van der Waals surface area contributed by atoms with Gasteiger partial charge in [-0.05, 0) is 43.4 Å². The lowest BCUT2D eigenvalue weighted by Gasteiger charge is -2.64. The molecule has 1 heterocycles. The van der Waals surface area contributed by atoms with Crippen LogP contribution in [0.25, 0.3) is 0 Å². The molecule has 1 unspecified atom stereocenters. The SMILES string of the molecule is CCC[C@@H](B1O[C@@H]2C[C@@H]3C[C@@H](C3(C)C)[C@]2(C)O1)C(CC)C(N)=O.Cl. The van der Waals surface area contributed by atoms with Crippen LogP contribution in [0.5, 0.6) is 0 Å². The summed E-state index contributed by atoms with van der Waals surface area (Å²) in [6.07, 6.45) is 5.20. The van der Waals surface area contributed by atoms with Gasteiger partial charge in [-0.3, -0.25) is 4.79 Å². The average molecular weight is 358 g/mol. The summed E-state index contributed by atoms with van der Waals surface area (Å²) in [7, 11) is -0.280. The minimum atomic E-state index is -0.280. The van der Waals surface area contributed by atoms with Crippen LogP contribution in [0.2, 0.25) is 5.82 Å². The van der Waals surface area contributed by atoms with Gasteiger partial charge in [0.2, 0.25) is 5.91 Å². The van der Waals surface area contributed by atoms with Gasteiger partial charge in [0.1, 0.15) is 0 Å². The van der Waals surface area contributed by atoms with Crippen molar-refractivity contribution < 1.29 is 14.1 Å². The molecule has 1 aliphatic heterocycles. The first-order valence-corrected chi connectivity index (χ1v) is 9.38. The largest absolute Gasteiger partial charge is 0.461 e. The average Bonchev–Trinajstić information content (AvgIpc) is 2.83. The zero-order chi connectivity index (χ0) is 17.0. The van der Waals surface area contributed by atoms with E-state index in [-0.39, 0.29) is 48.9 Å². The Balaban J connectivity index is 0.00000208. The number of halogens is 1. The summed E-state index contributed by atoms with van der Waals surface area (Å²) in [6.45, 7) is 11.1. The maximum atomic E-state index is 11.9. The second-order valence-electron chi connectivity index (χ2n) is 8.71. The molecule has 1 amide bonds. The summed E-state index contributed by atoms with van der Waals surface area (Å²) in [6, 6.07) is 0. The van der Waals surface area contributed by atoms with Crippen LogP contribution in [0.15, 0.2) is 0 Å². The maximum absolute atomic E-state index is 11.9. The third-order valence-corrected chi connectivity index (χ3v) is 7.26. The topological polar surface area (TPSA) is 61.6 Å². The van der Waals surface area contributed by atoms with Crippen LogP contribution in [0, 0.1) is 23.2 Å². The first-order chi connectivity index (χ1) is 10.8. The van der Waals surface area contributed by atoms with Crippen molar-refractivity contribution in [1.29, 1.82) is 0 Å². The normalized spacial score (nSPS) is 38.5. The molecular formula is C18H33BClNO3. The minimum absolute atomic E-state index is 0. The fourth-order valence-electron chi connectivity index (χ4n) is 5.66. The molecule has 4 rings (SSSR count). The highest BCUT2D eigenvalue weighted by atomic mass is 35.5. The number of primary amides is 1. The first-order valence-electron chi connectivity index (χ1n) is 9.38. The van der Waals surface area contributed by atoms with Crippen molar-refractivity contribution >= 4 is 25.4 Å². The third-order valence-electron chi connectivity index (χ3n) is 7.26. The monoisotopic (exact) mass is 357 g/mol. The number of amides is 1. The van der Waals surface area contributed by atoms with E-state index in [0.717, 1.165) is 31.6 Å². The molecule has 3 saturated carbocycles. The molecule has 2 N–H and O–H groups in total. The number of hydrogen-bond acceptors (Lipinski definition) is 3. The van der Waals surface area contributed by atoms with Crippen LogP contribution in [0.4, 0.5) is 0 Å². The summed E-state index contributed by atoms with van der Waals surface area (Å²) in [5.74, 6) is 0.995. The van der Waals surface area contributed by atoms with Gasteiger partial charge in [-0.2, -0.15) is 0 Å². The van der Waals surface area contributed by atoms with Gasteiger partial charge in [0.05, 0.1) is 11.7 Å². The van der Waals surface area contributed by atoms with E-state index in [4.69, 9.17) is 15.0 Å². The molecular weight excluding hydrogens is 324 g/mol. The molecule has 0 radical (unpaired) electrons. The summed E-state index contributed by atoms with van der Waals surface area (Å²) in [5.41, 5.74) is 5.80. The summed E-state index contributed by atoms with van der Waals surface area (Å²) >= 11 is 0. The smallest absolute Gasteiger partial charge is 0.405 e. The van der Waals surface area contributed by atoms with Crippen LogP contribution >= 0.6 is 12.4 Å². The van der Waals surface area contributed by atoms with Gasteiger partial charge in [-0.15, -0.1) is 12.4 Å². The Morgan fingerprint density at radius 1 is 1.29 bits per heavy atom. The Kier molecular flexibility index (Phi) is 5.69. The highest BCUT2D eigenvalue weighted by Crippen LogP contribution is 2.66. The highest BCUT2D eigenvalue weighted by molar-refractivity contribution is 6.48. The van der Waals surface area contributed by atoms with Crippen LogP contribution in [0.1, 0.15) is 66.7 Å². The number of nitrogens with two attached hydrogens (primary N) is 1. The Bertz CT molecular complexity index is 489. The Labute approximate surface area is 153 Å². The quantitative estimate of drug-likeness (QED) is 0.735. The molecule has 3 aliphatic carbocycles. The summed E-state index contributed by atoms with van der Waals surface area (Å²) in [4.78, 5) is 11.9. The molecule has 0 aromatic heterocycles. The van der Waals surface area contributed by atoms with E-state index in [9.17, 15) is 4.79 Å². The standard InChI is InChI=1S/C18H32BNO3.ClH/c1-6-8-13(12(7-2)16(20)21)19-22-15-10-11-9-14(17(11,3)4)18(15,5)23-19;/h11-15H,6-10H2,1-5H3,(H2,20,21);1H/t11-,12?,13+,14-,15+,18-;/m0./s1. The second kappa shape index (κ2) is 6.81. The third kappa shape index (κ3) is 2.81. The number of rotatable bonds is 6. The Hall–Kier alpha value is -0.255. The molecule has 4 fully saturated rings. The van der Waals surface area contributed by atoms with E-state index in [0.29, 0.717) is 11.3 Å². The molecule has 138 valence electrons. The van der Waals surface area contributed by atoms with Crippen molar-refractivity contribution in [3.8, 4) is 0 Å². The molecule has 0 aromatic carbocycles. The molecule has 0 aromatic rings. The summed E-state index contributed by atoms with van der Waals surface area (Å²) in [5, 5.41) is 0. The molecule has 4 aliphatic rings. The number of carbonyl (C=O) groups excluding carboxylic acids is 1. The van der Waals surface area contributed by atoms with Gasteiger partial charge in [0, 0.05) is 11.7 Å². The van der Waals surface area contributed by atoms with E-state index >= 15 is 0 Å². The second-order valence-corrected chi connectivity index (χ2v) is 8.71. The first kappa shape index (κ1) is 20.1. The van der Waals surface area contributed by atoms with Crippen molar-refractivity contribution in [2.24, 2.45) is 28.9 Å². The fraction of sp³-hybridized carbons (Fsp3) is 0.944. The van der Waals surface area contributed by atoms with Gasteiger partial charge >= 0.3 is 7.12 Å². The lowest BCUT2D eigenvalue weighted by molar-refractivity contribution is -0.199. The molecule has 6 atom stereocenters. The highest BCUT2D eigenvalue weighted by Gasteiger charge is 2.68. The van der Waals surface area contributed by atoms with Crippen molar-refractivity contribution in [1.82, 2.24) is 0 Å². The molecule has 1 saturated heterocycles. The van der Waals surface area contributed by atoms with E-state index in [1.54, 1.807) is 0 Å². The van der Waals surface area contributed by atoms with E-state index in [2.05, 4.69) is 27.7 Å². The summed E-state index contributed by atoms with van der Waals surface area (Å²) < 4.78 is 12.9. The van der Waals surface area contributed by atoms with Gasteiger partial charge < -0.3 is 15.0 Å². The van der Waals surface area contributed by atoms with Crippen LogP contribution in [-0.4, -0.2) is 24.7 Å². The van der Waals surface area contributed by atoms with E-state index in [1.807, 2.05) is 6.92 Å². The Morgan fingerprint density at radius 2 is 1.96 bits per heavy atom. The fourth-order valence-corrected chi connectivity index (χ4v) is 5.66. The van der Waals surface area contributed by atoms with Crippen LogP contribution in [-0.2, 0) is 14.1 Å². The predicted molar refractivity (Wildman–Crippen MR) is 99.0 cm³/mol. The molecule has 2 bridgehead atoms. The Morgan fingerprint density at radius 3 is 2.46 bits per heavy atom.